The van der Waals surface area contributed by atoms with Gasteiger partial charge in [0, 0.05) is 20.2 Å². The Bertz CT molecular complexity index is 293. The zero-order valence-electron chi connectivity index (χ0n) is 9.23. The van der Waals surface area contributed by atoms with E-state index < -0.39 is 0 Å². The van der Waals surface area contributed by atoms with Gasteiger partial charge in [0.2, 0.25) is 0 Å². The quantitative estimate of drug-likeness (QED) is 0.538. The molecular formula is C10H18N4O. The largest absolute Gasteiger partial charge is 0.383 e. The molecule has 0 bridgehead atoms. The molecule has 0 amide bonds. The van der Waals surface area contributed by atoms with Gasteiger partial charge in [0.05, 0.1) is 6.61 Å². The van der Waals surface area contributed by atoms with Crippen LogP contribution in [0.3, 0.4) is 0 Å². The highest BCUT2D eigenvalue weighted by Crippen LogP contribution is 2.12. The molecule has 3 N–H and O–H groups in total. The van der Waals surface area contributed by atoms with E-state index in [1.165, 1.54) is 0 Å². The summed E-state index contributed by atoms with van der Waals surface area (Å²) in [5.41, 5.74) is 2.53. The molecule has 0 fully saturated rings. The molecule has 0 saturated carbocycles. The van der Waals surface area contributed by atoms with Crippen molar-refractivity contribution in [1.29, 1.82) is 0 Å². The second-order valence-corrected chi connectivity index (χ2v) is 3.10. The van der Waals surface area contributed by atoms with E-state index in [9.17, 15) is 0 Å². The molecule has 0 unspecified atom stereocenters. The Morgan fingerprint density at radius 3 is 2.93 bits per heavy atom. The molecule has 5 nitrogen and oxygen atoms in total. The molecule has 0 aliphatic heterocycles. The van der Waals surface area contributed by atoms with Crippen LogP contribution in [0.4, 0.5) is 11.6 Å². The van der Waals surface area contributed by atoms with Gasteiger partial charge in [-0.2, -0.15) is 0 Å². The Morgan fingerprint density at radius 2 is 2.33 bits per heavy atom. The van der Waals surface area contributed by atoms with Crippen molar-refractivity contribution in [2.75, 3.05) is 37.1 Å². The molecule has 0 spiro atoms. The third-order valence-electron chi connectivity index (χ3n) is 2.15. The lowest BCUT2D eigenvalue weighted by Crippen LogP contribution is -2.27. The lowest BCUT2D eigenvalue weighted by atomic mass is 10.4. The maximum Gasteiger partial charge on any atom is 0.142 e. The van der Waals surface area contributed by atoms with E-state index >= 15 is 0 Å². The predicted molar refractivity (Wildman–Crippen MR) is 61.8 cm³/mol. The van der Waals surface area contributed by atoms with Crippen LogP contribution in [0.15, 0.2) is 18.2 Å². The smallest absolute Gasteiger partial charge is 0.142 e. The molecule has 0 aromatic carbocycles. The first-order valence-corrected chi connectivity index (χ1v) is 4.99. The van der Waals surface area contributed by atoms with Gasteiger partial charge in [-0.25, -0.2) is 10.8 Å². The number of anilines is 2. The molecule has 0 saturated heterocycles. The first-order chi connectivity index (χ1) is 7.31. The highest BCUT2D eigenvalue weighted by atomic mass is 16.5. The lowest BCUT2D eigenvalue weighted by molar-refractivity contribution is 0.205. The number of nitrogens with one attached hydrogen (secondary N) is 1. The first kappa shape index (κ1) is 11.7. The van der Waals surface area contributed by atoms with Crippen molar-refractivity contribution in [3.8, 4) is 0 Å². The summed E-state index contributed by atoms with van der Waals surface area (Å²) in [6.45, 7) is 4.49. The molecule has 5 heteroatoms. The van der Waals surface area contributed by atoms with Crippen molar-refractivity contribution in [3.05, 3.63) is 18.2 Å². The van der Waals surface area contributed by atoms with Crippen LogP contribution in [0.25, 0.3) is 0 Å². The van der Waals surface area contributed by atoms with Crippen LogP contribution in [0.2, 0.25) is 0 Å². The summed E-state index contributed by atoms with van der Waals surface area (Å²) >= 11 is 0. The van der Waals surface area contributed by atoms with E-state index in [0.29, 0.717) is 12.4 Å². The number of hydrogen-bond donors (Lipinski definition) is 2. The van der Waals surface area contributed by atoms with Crippen molar-refractivity contribution < 1.29 is 4.74 Å². The molecule has 1 heterocycles. The summed E-state index contributed by atoms with van der Waals surface area (Å²) in [5, 5.41) is 0. The molecule has 15 heavy (non-hydrogen) atoms. The van der Waals surface area contributed by atoms with Gasteiger partial charge >= 0.3 is 0 Å². The summed E-state index contributed by atoms with van der Waals surface area (Å²) in [7, 11) is 1.69. The molecular weight excluding hydrogens is 192 g/mol. The number of hydrazine groups is 1. The standard InChI is InChI=1S/C10H18N4O/c1-3-14(7-8-15-2)10-6-4-5-9(12-10)13-11/h4-6H,3,7-8,11H2,1-2H3,(H,12,13). The highest BCUT2D eigenvalue weighted by molar-refractivity contribution is 5.46. The van der Waals surface area contributed by atoms with Crippen LogP contribution in [0, 0.1) is 0 Å². The number of methoxy groups -OCH3 is 1. The number of likely N-dealkylation sites (N-methyl/N-ethyl adjacent to an activating group) is 1. The number of hydrogen-bond acceptors (Lipinski definition) is 5. The molecule has 1 aromatic heterocycles. The van der Waals surface area contributed by atoms with Crippen molar-refractivity contribution in [2.45, 2.75) is 6.92 Å². The van der Waals surface area contributed by atoms with E-state index in [4.69, 9.17) is 10.6 Å². The van der Waals surface area contributed by atoms with Crippen LogP contribution < -0.4 is 16.2 Å². The minimum Gasteiger partial charge on any atom is -0.383 e. The third kappa shape index (κ3) is 3.38. The summed E-state index contributed by atoms with van der Waals surface area (Å²) in [5.74, 6) is 6.88. The molecule has 0 radical (unpaired) electrons. The topological polar surface area (TPSA) is 63.4 Å². The second-order valence-electron chi connectivity index (χ2n) is 3.10. The van der Waals surface area contributed by atoms with Gasteiger partial charge < -0.3 is 15.1 Å². The predicted octanol–water partition coefficient (Wildman–Crippen LogP) is 0.840. The van der Waals surface area contributed by atoms with Crippen molar-refractivity contribution >= 4 is 11.6 Å². The number of aromatic nitrogens is 1. The SMILES string of the molecule is CCN(CCOC)c1cccc(NN)n1. The van der Waals surface area contributed by atoms with Crippen LogP contribution in [-0.2, 0) is 4.74 Å². The lowest BCUT2D eigenvalue weighted by Gasteiger charge is -2.21. The van der Waals surface area contributed by atoms with Gasteiger partial charge in [-0.15, -0.1) is 0 Å². The number of rotatable bonds is 6. The average molecular weight is 210 g/mol. The summed E-state index contributed by atoms with van der Waals surface area (Å²) < 4.78 is 5.04. The van der Waals surface area contributed by atoms with E-state index in [-0.39, 0.29) is 0 Å². The van der Waals surface area contributed by atoms with Gasteiger partial charge in [-0.05, 0) is 19.1 Å². The zero-order chi connectivity index (χ0) is 11.1. The van der Waals surface area contributed by atoms with E-state index in [1.54, 1.807) is 7.11 Å². The fourth-order valence-electron chi connectivity index (χ4n) is 1.32. The van der Waals surface area contributed by atoms with Crippen molar-refractivity contribution in [3.63, 3.8) is 0 Å². The van der Waals surface area contributed by atoms with Crippen LogP contribution in [0.1, 0.15) is 6.92 Å². The highest BCUT2D eigenvalue weighted by Gasteiger charge is 2.05. The second kappa shape index (κ2) is 6.21. The fourth-order valence-corrected chi connectivity index (χ4v) is 1.32. The van der Waals surface area contributed by atoms with Crippen LogP contribution in [-0.4, -0.2) is 31.8 Å². The van der Waals surface area contributed by atoms with Crippen LogP contribution in [0.5, 0.6) is 0 Å². The van der Waals surface area contributed by atoms with E-state index in [1.807, 2.05) is 18.2 Å². The maximum absolute atomic E-state index is 5.30. The van der Waals surface area contributed by atoms with Gasteiger partial charge in [0.15, 0.2) is 0 Å². The number of ether oxygens (including phenoxy) is 1. The molecule has 1 aromatic rings. The monoisotopic (exact) mass is 210 g/mol. The summed E-state index contributed by atoms with van der Waals surface area (Å²) in [6, 6.07) is 5.71. The molecule has 84 valence electrons. The van der Waals surface area contributed by atoms with Gasteiger partial charge in [0.25, 0.3) is 0 Å². The van der Waals surface area contributed by atoms with Gasteiger partial charge in [0.1, 0.15) is 11.6 Å². The number of nitrogen functional groups attached to an aromatic ring is 1. The molecule has 0 aliphatic rings. The Balaban J connectivity index is 2.72. The number of pyridine rings is 1. The van der Waals surface area contributed by atoms with Crippen molar-refractivity contribution in [1.82, 2.24) is 4.98 Å². The average Bonchev–Trinajstić information content (AvgIpc) is 2.30. The Kier molecular flexibility index (Phi) is 4.86. The first-order valence-electron chi connectivity index (χ1n) is 4.99. The minimum atomic E-state index is 0.670. The molecule has 1 rings (SSSR count). The summed E-state index contributed by atoms with van der Waals surface area (Å²) in [4.78, 5) is 6.48. The van der Waals surface area contributed by atoms with Gasteiger partial charge in [-0.1, -0.05) is 6.07 Å². The van der Waals surface area contributed by atoms with Gasteiger partial charge in [-0.3, -0.25) is 0 Å². The Morgan fingerprint density at radius 1 is 1.53 bits per heavy atom. The van der Waals surface area contributed by atoms with Crippen molar-refractivity contribution in [2.24, 2.45) is 5.84 Å². The molecule has 0 aliphatic carbocycles. The normalized spacial score (nSPS) is 10.1. The van der Waals surface area contributed by atoms with E-state index in [0.717, 1.165) is 18.9 Å². The molecule has 0 atom stereocenters. The maximum atomic E-state index is 5.30. The third-order valence-corrected chi connectivity index (χ3v) is 2.15. The zero-order valence-corrected chi connectivity index (χ0v) is 9.23. The Labute approximate surface area is 90.2 Å². The minimum absolute atomic E-state index is 0.670. The fraction of sp³-hybridized carbons (Fsp3) is 0.500. The summed E-state index contributed by atoms with van der Waals surface area (Å²) in [6.07, 6.45) is 0. The number of nitrogens with two attached hydrogens (primary N) is 1. The van der Waals surface area contributed by atoms with Crippen LogP contribution >= 0.6 is 0 Å². The van der Waals surface area contributed by atoms with E-state index in [2.05, 4.69) is 22.2 Å². The number of nitrogens with zero attached hydrogens (tertiary/aromatic N) is 2. The Hall–Kier alpha value is -1.33.